The molecular formula is C11H23N3. The molecule has 0 amide bonds. The summed E-state index contributed by atoms with van der Waals surface area (Å²) in [6.45, 7) is 8.46. The van der Waals surface area contributed by atoms with Crippen LogP contribution in [0, 0.1) is 0 Å². The Morgan fingerprint density at radius 3 is 2.93 bits per heavy atom. The van der Waals surface area contributed by atoms with Crippen molar-refractivity contribution in [2.24, 2.45) is 0 Å². The van der Waals surface area contributed by atoms with Gasteiger partial charge in [0.25, 0.3) is 0 Å². The van der Waals surface area contributed by atoms with E-state index in [9.17, 15) is 0 Å². The molecule has 0 aliphatic carbocycles. The van der Waals surface area contributed by atoms with Gasteiger partial charge in [0.15, 0.2) is 0 Å². The van der Waals surface area contributed by atoms with Crippen LogP contribution in [0.15, 0.2) is 0 Å². The van der Waals surface area contributed by atoms with Gasteiger partial charge >= 0.3 is 0 Å². The van der Waals surface area contributed by atoms with E-state index in [0.717, 1.165) is 12.1 Å². The van der Waals surface area contributed by atoms with E-state index in [0.29, 0.717) is 0 Å². The fraction of sp³-hybridized carbons (Fsp3) is 1.00. The van der Waals surface area contributed by atoms with Crippen molar-refractivity contribution in [1.82, 2.24) is 15.1 Å². The van der Waals surface area contributed by atoms with Crippen molar-refractivity contribution in [3.05, 3.63) is 0 Å². The third-order valence-corrected chi connectivity index (χ3v) is 3.87. The molecule has 0 spiro atoms. The molecule has 2 aliphatic heterocycles. The molecule has 2 saturated heterocycles. The van der Waals surface area contributed by atoms with Crippen LogP contribution in [0.25, 0.3) is 0 Å². The number of rotatable bonds is 3. The first-order valence-electron chi connectivity index (χ1n) is 5.96. The van der Waals surface area contributed by atoms with Gasteiger partial charge in [-0.1, -0.05) is 6.92 Å². The third-order valence-electron chi connectivity index (χ3n) is 3.87. The lowest BCUT2D eigenvalue weighted by molar-refractivity contribution is 0.212. The van der Waals surface area contributed by atoms with Gasteiger partial charge in [-0.25, -0.2) is 0 Å². The highest BCUT2D eigenvalue weighted by molar-refractivity contribution is 4.89. The van der Waals surface area contributed by atoms with Gasteiger partial charge in [-0.3, -0.25) is 4.90 Å². The summed E-state index contributed by atoms with van der Waals surface area (Å²) < 4.78 is 0. The van der Waals surface area contributed by atoms with Crippen LogP contribution in [0.3, 0.4) is 0 Å². The summed E-state index contributed by atoms with van der Waals surface area (Å²) in [4.78, 5) is 5.17. The summed E-state index contributed by atoms with van der Waals surface area (Å²) in [5, 5.41) is 3.45. The molecule has 0 aromatic rings. The lowest BCUT2D eigenvalue weighted by atomic mass is 10.2. The van der Waals surface area contributed by atoms with Gasteiger partial charge in [0, 0.05) is 31.7 Å². The molecule has 2 atom stereocenters. The van der Waals surface area contributed by atoms with Gasteiger partial charge in [0.1, 0.15) is 0 Å². The molecule has 1 N–H and O–H groups in total. The Morgan fingerprint density at radius 1 is 1.43 bits per heavy atom. The standard InChI is InChI=1S/C11H23N3/c1-3-13(2)11-5-7-14(9-11)10-4-6-12-8-10/h10-12H,3-9H2,1-2H3. The van der Waals surface area contributed by atoms with Gasteiger partial charge in [-0.2, -0.15) is 0 Å². The quantitative estimate of drug-likeness (QED) is 0.705. The molecule has 82 valence electrons. The maximum atomic E-state index is 3.45. The zero-order valence-electron chi connectivity index (χ0n) is 9.50. The van der Waals surface area contributed by atoms with Gasteiger partial charge in [0.05, 0.1) is 0 Å². The Bertz CT molecular complexity index is 177. The number of likely N-dealkylation sites (N-methyl/N-ethyl adjacent to an activating group) is 1. The van der Waals surface area contributed by atoms with E-state index in [-0.39, 0.29) is 0 Å². The van der Waals surface area contributed by atoms with Crippen molar-refractivity contribution in [2.75, 3.05) is 39.8 Å². The first-order valence-corrected chi connectivity index (χ1v) is 5.96. The summed E-state index contributed by atoms with van der Waals surface area (Å²) in [5.74, 6) is 0. The number of likely N-dealkylation sites (tertiary alicyclic amines) is 1. The van der Waals surface area contributed by atoms with Crippen LogP contribution >= 0.6 is 0 Å². The average Bonchev–Trinajstić information content (AvgIpc) is 2.86. The summed E-state index contributed by atoms with van der Waals surface area (Å²) in [6, 6.07) is 1.63. The molecule has 0 bridgehead atoms. The largest absolute Gasteiger partial charge is 0.315 e. The minimum Gasteiger partial charge on any atom is -0.315 e. The predicted octanol–water partition coefficient (Wildman–Crippen LogP) is 0.374. The highest BCUT2D eigenvalue weighted by Gasteiger charge is 2.30. The van der Waals surface area contributed by atoms with Crippen molar-refractivity contribution in [3.63, 3.8) is 0 Å². The second-order valence-electron chi connectivity index (χ2n) is 4.66. The maximum absolute atomic E-state index is 3.45. The minimum absolute atomic E-state index is 0.806. The lowest BCUT2D eigenvalue weighted by Gasteiger charge is -2.26. The Kier molecular flexibility index (Phi) is 3.42. The van der Waals surface area contributed by atoms with Crippen molar-refractivity contribution in [2.45, 2.75) is 31.8 Å². The van der Waals surface area contributed by atoms with E-state index in [2.05, 4.69) is 29.1 Å². The van der Waals surface area contributed by atoms with Gasteiger partial charge in [-0.15, -0.1) is 0 Å². The van der Waals surface area contributed by atoms with Crippen LogP contribution in [0.4, 0.5) is 0 Å². The molecular weight excluding hydrogens is 174 g/mol. The molecule has 2 rings (SSSR count). The first kappa shape index (κ1) is 10.4. The molecule has 3 heteroatoms. The molecule has 2 heterocycles. The van der Waals surface area contributed by atoms with Crippen LogP contribution in [0.2, 0.25) is 0 Å². The Hall–Kier alpha value is -0.120. The summed E-state index contributed by atoms with van der Waals surface area (Å²) in [6.07, 6.45) is 2.71. The smallest absolute Gasteiger partial charge is 0.0233 e. The monoisotopic (exact) mass is 197 g/mol. The molecule has 14 heavy (non-hydrogen) atoms. The third kappa shape index (κ3) is 2.10. The van der Waals surface area contributed by atoms with Crippen molar-refractivity contribution < 1.29 is 0 Å². The molecule has 2 aliphatic rings. The van der Waals surface area contributed by atoms with Crippen LogP contribution in [-0.4, -0.2) is 61.7 Å². The fourth-order valence-corrected chi connectivity index (χ4v) is 2.67. The molecule has 0 aromatic heterocycles. The molecule has 0 aromatic carbocycles. The molecule has 2 unspecified atom stereocenters. The highest BCUT2D eigenvalue weighted by Crippen LogP contribution is 2.19. The first-order chi connectivity index (χ1) is 6.81. The average molecular weight is 197 g/mol. The molecule has 2 fully saturated rings. The predicted molar refractivity (Wildman–Crippen MR) is 59.6 cm³/mol. The highest BCUT2D eigenvalue weighted by atomic mass is 15.3. The maximum Gasteiger partial charge on any atom is 0.0233 e. The Balaban J connectivity index is 1.81. The Labute approximate surface area is 87.4 Å². The van der Waals surface area contributed by atoms with Crippen molar-refractivity contribution in [3.8, 4) is 0 Å². The van der Waals surface area contributed by atoms with Crippen LogP contribution in [0.5, 0.6) is 0 Å². The van der Waals surface area contributed by atoms with Crippen molar-refractivity contribution in [1.29, 1.82) is 0 Å². The van der Waals surface area contributed by atoms with Crippen LogP contribution < -0.4 is 5.32 Å². The molecule has 3 nitrogen and oxygen atoms in total. The Morgan fingerprint density at radius 2 is 2.29 bits per heavy atom. The van der Waals surface area contributed by atoms with E-state index < -0.39 is 0 Å². The van der Waals surface area contributed by atoms with Gasteiger partial charge < -0.3 is 10.2 Å². The normalized spacial score (nSPS) is 34.5. The molecule has 0 saturated carbocycles. The van der Waals surface area contributed by atoms with Crippen LogP contribution in [-0.2, 0) is 0 Å². The summed E-state index contributed by atoms with van der Waals surface area (Å²) in [5.41, 5.74) is 0. The number of nitrogens with one attached hydrogen (secondary N) is 1. The van der Waals surface area contributed by atoms with E-state index in [1.54, 1.807) is 0 Å². The fourth-order valence-electron chi connectivity index (χ4n) is 2.67. The minimum atomic E-state index is 0.806. The van der Waals surface area contributed by atoms with Gasteiger partial charge in [-0.05, 0) is 33.0 Å². The van der Waals surface area contributed by atoms with Crippen molar-refractivity contribution >= 4 is 0 Å². The molecule has 0 radical (unpaired) electrons. The SMILES string of the molecule is CCN(C)C1CCN(C2CCNC2)C1. The summed E-state index contributed by atoms with van der Waals surface area (Å²) in [7, 11) is 2.25. The van der Waals surface area contributed by atoms with E-state index in [4.69, 9.17) is 0 Å². The number of hydrogen-bond donors (Lipinski definition) is 1. The topological polar surface area (TPSA) is 18.5 Å². The lowest BCUT2D eigenvalue weighted by Crippen LogP contribution is -2.39. The second kappa shape index (κ2) is 4.60. The zero-order chi connectivity index (χ0) is 9.97. The number of hydrogen-bond acceptors (Lipinski definition) is 3. The second-order valence-corrected chi connectivity index (χ2v) is 4.66. The van der Waals surface area contributed by atoms with E-state index >= 15 is 0 Å². The van der Waals surface area contributed by atoms with Gasteiger partial charge in [0.2, 0.25) is 0 Å². The van der Waals surface area contributed by atoms with E-state index in [1.807, 2.05) is 0 Å². The number of nitrogens with zero attached hydrogens (tertiary/aromatic N) is 2. The zero-order valence-corrected chi connectivity index (χ0v) is 9.50. The van der Waals surface area contributed by atoms with E-state index in [1.165, 1.54) is 45.6 Å². The summed E-state index contributed by atoms with van der Waals surface area (Å²) >= 11 is 0. The van der Waals surface area contributed by atoms with Crippen LogP contribution in [0.1, 0.15) is 19.8 Å².